The molecule has 100 valence electrons. The lowest BCUT2D eigenvalue weighted by Crippen LogP contribution is -2.18. The molecule has 0 amide bonds. The van der Waals surface area contributed by atoms with Crippen LogP contribution < -0.4 is 5.73 Å². The third-order valence-corrected chi connectivity index (χ3v) is 3.52. The predicted molar refractivity (Wildman–Crippen MR) is 81.9 cm³/mol. The molecule has 0 fully saturated rings. The van der Waals surface area contributed by atoms with Crippen LogP contribution in [0.1, 0.15) is 22.3 Å². The highest BCUT2D eigenvalue weighted by atomic mass is 15.1. The summed E-state index contributed by atoms with van der Waals surface area (Å²) in [4.78, 5) is 2.29. The summed E-state index contributed by atoms with van der Waals surface area (Å²) in [5.74, 6) is 0. The minimum Gasteiger partial charge on any atom is -0.398 e. The molecule has 0 spiro atoms. The predicted octanol–water partition coefficient (Wildman–Crippen LogP) is 3.52. The number of rotatable bonds is 4. The number of hydrogen-bond acceptors (Lipinski definition) is 2. The molecule has 0 saturated carbocycles. The van der Waals surface area contributed by atoms with Gasteiger partial charge in [0.25, 0.3) is 0 Å². The van der Waals surface area contributed by atoms with Gasteiger partial charge in [0.05, 0.1) is 0 Å². The highest BCUT2D eigenvalue weighted by Crippen LogP contribution is 2.15. The van der Waals surface area contributed by atoms with E-state index in [1.54, 1.807) is 0 Å². The second kappa shape index (κ2) is 5.89. The molecule has 2 N–H and O–H groups in total. The third-order valence-electron chi connectivity index (χ3n) is 3.52. The Kier molecular flexibility index (Phi) is 4.23. The van der Waals surface area contributed by atoms with Gasteiger partial charge >= 0.3 is 0 Å². The largest absolute Gasteiger partial charge is 0.398 e. The lowest BCUT2D eigenvalue weighted by atomic mass is 10.1. The number of nitrogens with two attached hydrogens (primary N) is 1. The molecule has 0 bridgehead atoms. The van der Waals surface area contributed by atoms with E-state index in [0.29, 0.717) is 0 Å². The maximum absolute atomic E-state index is 5.98. The van der Waals surface area contributed by atoms with Gasteiger partial charge in [0.15, 0.2) is 0 Å². The van der Waals surface area contributed by atoms with Crippen LogP contribution in [0, 0.1) is 13.8 Å². The van der Waals surface area contributed by atoms with E-state index in [1.807, 2.05) is 18.2 Å². The fourth-order valence-electron chi connectivity index (χ4n) is 2.24. The number of nitrogens with zero attached hydrogens (tertiary/aromatic N) is 1. The van der Waals surface area contributed by atoms with Gasteiger partial charge < -0.3 is 5.73 Å². The molecule has 0 atom stereocenters. The molecule has 0 radical (unpaired) electrons. The Morgan fingerprint density at radius 3 is 2.37 bits per heavy atom. The van der Waals surface area contributed by atoms with Crippen LogP contribution in [0.15, 0.2) is 42.5 Å². The van der Waals surface area contributed by atoms with Gasteiger partial charge in [-0.05, 0) is 49.2 Å². The quantitative estimate of drug-likeness (QED) is 0.846. The normalized spacial score (nSPS) is 10.9. The van der Waals surface area contributed by atoms with E-state index in [1.165, 1.54) is 22.3 Å². The summed E-state index contributed by atoms with van der Waals surface area (Å²) >= 11 is 0. The SMILES string of the molecule is Cc1ccc(CN(C)Cc2ccccc2N)cc1C. The summed E-state index contributed by atoms with van der Waals surface area (Å²) in [6.45, 7) is 6.12. The Morgan fingerprint density at radius 2 is 1.68 bits per heavy atom. The smallest absolute Gasteiger partial charge is 0.0359 e. The zero-order valence-corrected chi connectivity index (χ0v) is 12.0. The van der Waals surface area contributed by atoms with Gasteiger partial charge in [-0.25, -0.2) is 0 Å². The second-order valence-electron chi connectivity index (χ2n) is 5.29. The van der Waals surface area contributed by atoms with E-state index in [4.69, 9.17) is 5.73 Å². The molecule has 2 aromatic rings. The number of anilines is 1. The van der Waals surface area contributed by atoms with Crippen molar-refractivity contribution in [3.05, 3.63) is 64.7 Å². The number of hydrogen-bond donors (Lipinski definition) is 1. The first-order valence-corrected chi connectivity index (χ1v) is 6.64. The van der Waals surface area contributed by atoms with Gasteiger partial charge in [-0.15, -0.1) is 0 Å². The zero-order chi connectivity index (χ0) is 13.8. The van der Waals surface area contributed by atoms with E-state index in [2.05, 4.69) is 50.1 Å². The summed E-state index contributed by atoms with van der Waals surface area (Å²) < 4.78 is 0. The molecule has 0 heterocycles. The number of nitrogen functional groups attached to an aromatic ring is 1. The van der Waals surface area contributed by atoms with E-state index < -0.39 is 0 Å². The number of para-hydroxylation sites is 1. The van der Waals surface area contributed by atoms with Crippen molar-refractivity contribution in [1.29, 1.82) is 0 Å². The summed E-state index contributed by atoms with van der Waals surface area (Å²) in [5, 5.41) is 0. The minimum atomic E-state index is 0.870. The first kappa shape index (κ1) is 13.6. The third kappa shape index (κ3) is 3.58. The van der Waals surface area contributed by atoms with Gasteiger partial charge in [-0.2, -0.15) is 0 Å². The van der Waals surface area contributed by atoms with Crippen molar-refractivity contribution < 1.29 is 0 Å². The van der Waals surface area contributed by atoms with Crippen LogP contribution in [0.25, 0.3) is 0 Å². The first-order chi connectivity index (χ1) is 9.06. The van der Waals surface area contributed by atoms with Crippen molar-refractivity contribution in [1.82, 2.24) is 4.90 Å². The molecule has 0 aliphatic heterocycles. The van der Waals surface area contributed by atoms with Crippen LogP contribution in [-0.4, -0.2) is 11.9 Å². The molecular weight excluding hydrogens is 232 g/mol. The molecule has 0 aromatic heterocycles. The lowest BCUT2D eigenvalue weighted by Gasteiger charge is -2.18. The molecular formula is C17H22N2. The Balaban J connectivity index is 2.03. The molecule has 0 unspecified atom stereocenters. The van der Waals surface area contributed by atoms with Crippen molar-refractivity contribution in [2.24, 2.45) is 0 Å². The number of aryl methyl sites for hydroxylation is 2. The highest BCUT2D eigenvalue weighted by molar-refractivity contribution is 5.46. The second-order valence-corrected chi connectivity index (χ2v) is 5.29. The van der Waals surface area contributed by atoms with Crippen molar-refractivity contribution in [3.8, 4) is 0 Å². The van der Waals surface area contributed by atoms with E-state index in [0.717, 1.165) is 18.8 Å². The average molecular weight is 254 g/mol. The fourth-order valence-corrected chi connectivity index (χ4v) is 2.24. The molecule has 2 rings (SSSR count). The first-order valence-electron chi connectivity index (χ1n) is 6.64. The van der Waals surface area contributed by atoms with Crippen LogP contribution >= 0.6 is 0 Å². The summed E-state index contributed by atoms with van der Waals surface area (Å²) in [6, 6.07) is 14.7. The topological polar surface area (TPSA) is 29.3 Å². The molecule has 2 aromatic carbocycles. The van der Waals surface area contributed by atoms with Gasteiger partial charge in [-0.1, -0.05) is 36.4 Å². The monoisotopic (exact) mass is 254 g/mol. The summed E-state index contributed by atoms with van der Waals surface area (Å²) in [6.07, 6.45) is 0. The molecule has 2 heteroatoms. The van der Waals surface area contributed by atoms with Crippen LogP contribution in [-0.2, 0) is 13.1 Å². The van der Waals surface area contributed by atoms with Crippen molar-refractivity contribution in [3.63, 3.8) is 0 Å². The van der Waals surface area contributed by atoms with Gasteiger partial charge in [0.1, 0.15) is 0 Å². The van der Waals surface area contributed by atoms with Crippen LogP contribution in [0.4, 0.5) is 5.69 Å². The van der Waals surface area contributed by atoms with Crippen molar-refractivity contribution in [2.75, 3.05) is 12.8 Å². The zero-order valence-electron chi connectivity index (χ0n) is 12.0. The highest BCUT2D eigenvalue weighted by Gasteiger charge is 2.05. The Morgan fingerprint density at radius 1 is 0.947 bits per heavy atom. The summed E-state index contributed by atoms with van der Waals surface area (Å²) in [7, 11) is 2.13. The van der Waals surface area contributed by atoms with Crippen LogP contribution in [0.5, 0.6) is 0 Å². The summed E-state index contributed by atoms with van der Waals surface area (Å²) in [5.41, 5.74) is 12.1. The van der Waals surface area contributed by atoms with Gasteiger partial charge in [0.2, 0.25) is 0 Å². The lowest BCUT2D eigenvalue weighted by molar-refractivity contribution is 0.319. The maximum atomic E-state index is 5.98. The van der Waals surface area contributed by atoms with Gasteiger partial charge in [0, 0.05) is 18.8 Å². The van der Waals surface area contributed by atoms with E-state index in [-0.39, 0.29) is 0 Å². The molecule has 0 aliphatic rings. The van der Waals surface area contributed by atoms with Crippen LogP contribution in [0.3, 0.4) is 0 Å². The maximum Gasteiger partial charge on any atom is 0.0359 e. The average Bonchev–Trinajstić information content (AvgIpc) is 2.37. The molecule has 19 heavy (non-hydrogen) atoms. The fraction of sp³-hybridized carbons (Fsp3) is 0.294. The van der Waals surface area contributed by atoms with Crippen molar-refractivity contribution in [2.45, 2.75) is 26.9 Å². The standard InChI is InChI=1S/C17H22N2/c1-13-8-9-15(10-14(13)2)11-19(3)12-16-6-4-5-7-17(16)18/h4-10H,11-12,18H2,1-3H3. The minimum absolute atomic E-state index is 0.870. The number of benzene rings is 2. The van der Waals surface area contributed by atoms with Gasteiger partial charge in [-0.3, -0.25) is 4.90 Å². The van der Waals surface area contributed by atoms with E-state index >= 15 is 0 Å². The Bertz CT molecular complexity index is 561. The Labute approximate surface area is 115 Å². The van der Waals surface area contributed by atoms with Crippen molar-refractivity contribution >= 4 is 5.69 Å². The van der Waals surface area contributed by atoms with E-state index in [9.17, 15) is 0 Å². The molecule has 2 nitrogen and oxygen atoms in total. The van der Waals surface area contributed by atoms with Crippen LogP contribution in [0.2, 0.25) is 0 Å². The molecule has 0 saturated heterocycles. The Hall–Kier alpha value is -1.80. The molecule has 0 aliphatic carbocycles.